The van der Waals surface area contributed by atoms with Gasteiger partial charge in [0, 0.05) is 24.4 Å². The average Bonchev–Trinajstić information content (AvgIpc) is 3.31. The fourth-order valence-electron chi connectivity index (χ4n) is 3.18. The summed E-state index contributed by atoms with van der Waals surface area (Å²) >= 11 is 6.21. The molecule has 12 heteroatoms. The summed E-state index contributed by atoms with van der Waals surface area (Å²) in [4.78, 5) is 42.4. The molecule has 0 bridgehead atoms. The Bertz CT molecular complexity index is 1440. The van der Waals surface area contributed by atoms with E-state index >= 15 is 0 Å². The monoisotopic (exact) mass is 499 g/mol. The van der Waals surface area contributed by atoms with Crippen molar-refractivity contribution in [1.82, 2.24) is 19.9 Å². The van der Waals surface area contributed by atoms with Gasteiger partial charge in [0.05, 0.1) is 19.0 Å². The first-order chi connectivity index (χ1) is 16.8. The molecule has 35 heavy (non-hydrogen) atoms. The van der Waals surface area contributed by atoms with Gasteiger partial charge in [-0.3, -0.25) is 9.59 Å². The van der Waals surface area contributed by atoms with Crippen molar-refractivity contribution in [2.75, 3.05) is 11.5 Å². The number of rotatable bonds is 6. The Labute approximate surface area is 202 Å². The van der Waals surface area contributed by atoms with E-state index in [-0.39, 0.29) is 29.1 Å². The molecular weight excluding hydrogens is 484 g/mol. The molecule has 0 unspecified atom stereocenters. The van der Waals surface area contributed by atoms with Crippen LogP contribution in [0.2, 0.25) is 0 Å². The number of anilines is 1. The molecule has 0 spiro atoms. The van der Waals surface area contributed by atoms with Crippen LogP contribution in [0.15, 0.2) is 60.8 Å². The highest BCUT2D eigenvalue weighted by molar-refractivity contribution is 6.39. The second kappa shape index (κ2) is 9.85. The molecule has 4 aromatic rings. The molecule has 9 nitrogen and oxygen atoms in total. The molecule has 2 heterocycles. The average molecular weight is 500 g/mol. The number of fused-ring (bicyclic) bond motifs is 1. The number of carbonyl (C=O) groups is 3. The summed E-state index contributed by atoms with van der Waals surface area (Å²) in [6, 6.07) is 12.7. The zero-order valence-corrected chi connectivity index (χ0v) is 18.8. The van der Waals surface area contributed by atoms with Gasteiger partial charge in [0.15, 0.2) is 23.0 Å². The molecule has 0 atom stereocenters. The molecule has 2 amide bonds. The van der Waals surface area contributed by atoms with E-state index in [0.29, 0.717) is 11.3 Å². The van der Waals surface area contributed by atoms with Gasteiger partial charge in [0.1, 0.15) is 11.3 Å². The van der Waals surface area contributed by atoms with Crippen LogP contribution >= 0.6 is 11.8 Å². The number of para-hydroxylation sites is 1. The smallest absolute Gasteiger partial charge is 0.356 e. The van der Waals surface area contributed by atoms with E-state index in [0.717, 1.165) is 34.2 Å². The van der Waals surface area contributed by atoms with Gasteiger partial charge in [-0.15, -0.1) is 0 Å². The summed E-state index contributed by atoms with van der Waals surface area (Å²) < 4.78 is 33.3. The van der Waals surface area contributed by atoms with Gasteiger partial charge >= 0.3 is 5.97 Å². The van der Waals surface area contributed by atoms with Gasteiger partial charge in [-0.05, 0) is 29.8 Å². The second-order valence-corrected chi connectivity index (χ2v) is 7.50. The first-order valence-electron chi connectivity index (χ1n) is 10.0. The largest absolute Gasteiger partial charge is 0.464 e. The second-order valence-electron chi connectivity index (χ2n) is 7.16. The fourth-order valence-corrected chi connectivity index (χ4v) is 3.39. The summed E-state index contributed by atoms with van der Waals surface area (Å²) in [5.74, 6) is -4.35. The van der Waals surface area contributed by atoms with E-state index in [1.807, 2.05) is 0 Å². The first kappa shape index (κ1) is 23.8. The van der Waals surface area contributed by atoms with Crippen LogP contribution in [0.4, 0.5) is 14.5 Å². The number of hydrogen-bond donors (Lipinski definition) is 1. The predicted octanol–water partition coefficient (Wildman–Crippen LogP) is 3.52. The molecule has 178 valence electrons. The lowest BCUT2D eigenvalue weighted by Crippen LogP contribution is -2.26. The molecule has 1 N–H and O–H groups in total. The van der Waals surface area contributed by atoms with Crippen molar-refractivity contribution in [3.63, 3.8) is 0 Å². The van der Waals surface area contributed by atoms with E-state index < -0.39 is 29.4 Å². The summed E-state index contributed by atoms with van der Waals surface area (Å²) in [6.07, 6.45) is 1.17. The van der Waals surface area contributed by atoms with E-state index in [2.05, 4.69) is 15.4 Å². The number of aromatic nitrogens is 3. The number of carbonyl (C=O) groups excluding carboxylic acids is 3. The molecule has 2 aromatic carbocycles. The molecule has 2 aromatic heterocycles. The third kappa shape index (κ3) is 4.80. The summed E-state index contributed by atoms with van der Waals surface area (Å²) in [7, 11) is 1.14. The van der Waals surface area contributed by atoms with Crippen molar-refractivity contribution in [3.8, 4) is 0 Å². The van der Waals surface area contributed by atoms with Crippen LogP contribution < -0.4 is 9.74 Å². The number of methoxy groups -OCH3 is 1. The Kier molecular flexibility index (Phi) is 6.69. The third-order valence-corrected chi connectivity index (χ3v) is 5.28. The molecule has 0 saturated carbocycles. The molecule has 0 radical (unpaired) electrons. The van der Waals surface area contributed by atoms with E-state index in [9.17, 15) is 23.2 Å². The molecule has 0 aliphatic heterocycles. The van der Waals surface area contributed by atoms with Crippen molar-refractivity contribution in [2.24, 2.45) is 0 Å². The van der Waals surface area contributed by atoms with Gasteiger partial charge < -0.3 is 10.1 Å². The van der Waals surface area contributed by atoms with Gasteiger partial charge in [-0.2, -0.15) is 5.10 Å². The van der Waals surface area contributed by atoms with Gasteiger partial charge in [-0.25, -0.2) is 27.5 Å². The van der Waals surface area contributed by atoms with Gasteiger partial charge in [0.2, 0.25) is 0 Å². The van der Waals surface area contributed by atoms with Crippen molar-refractivity contribution in [3.05, 3.63) is 94.9 Å². The Morgan fingerprint density at radius 3 is 2.51 bits per heavy atom. The lowest BCUT2D eigenvalue weighted by atomic mass is 10.2. The zero-order valence-electron chi connectivity index (χ0n) is 18.0. The standard InChI is InChI=1S/C23H16ClF2N5O4/c1-35-23(34)19-10-18(21(32)27-11-13-7-8-16(25)17(26)9-13)29-20-15(12-28-31(19)20)22(33)30(24)14-5-3-2-4-6-14/h2-10,12H,11H2,1H3,(H,27,32). The molecule has 0 saturated heterocycles. The van der Waals surface area contributed by atoms with Crippen LogP contribution in [-0.4, -0.2) is 39.5 Å². The van der Waals surface area contributed by atoms with Crippen LogP contribution in [0.5, 0.6) is 0 Å². The zero-order chi connectivity index (χ0) is 25.1. The number of nitrogens with zero attached hydrogens (tertiary/aromatic N) is 4. The van der Waals surface area contributed by atoms with Crippen LogP contribution in [-0.2, 0) is 11.3 Å². The number of ether oxygens (including phenoxy) is 1. The molecule has 0 aliphatic carbocycles. The molecule has 0 aliphatic rings. The lowest BCUT2D eigenvalue weighted by molar-refractivity contribution is 0.0590. The Hall–Kier alpha value is -4.38. The normalized spacial score (nSPS) is 10.7. The topological polar surface area (TPSA) is 106 Å². The fraction of sp³-hybridized carbons (Fsp3) is 0.0870. The number of nitrogens with one attached hydrogen (secondary N) is 1. The van der Waals surface area contributed by atoms with Gasteiger partial charge in [0.25, 0.3) is 11.8 Å². The highest BCUT2D eigenvalue weighted by Crippen LogP contribution is 2.22. The maximum atomic E-state index is 13.4. The number of hydrogen-bond acceptors (Lipinski definition) is 6. The maximum Gasteiger partial charge on any atom is 0.356 e. The number of esters is 1. The Morgan fingerprint density at radius 2 is 1.83 bits per heavy atom. The molecular formula is C23H16ClF2N5O4. The van der Waals surface area contributed by atoms with Crippen LogP contribution in [0, 0.1) is 11.6 Å². The van der Waals surface area contributed by atoms with E-state index in [4.69, 9.17) is 16.5 Å². The van der Waals surface area contributed by atoms with Crippen LogP contribution in [0.3, 0.4) is 0 Å². The summed E-state index contributed by atoms with van der Waals surface area (Å²) in [5, 5.41) is 6.54. The Balaban J connectivity index is 1.69. The molecule has 0 fully saturated rings. The minimum Gasteiger partial charge on any atom is -0.464 e. The lowest BCUT2D eigenvalue weighted by Gasteiger charge is -2.13. The van der Waals surface area contributed by atoms with Crippen LogP contribution in [0.1, 0.15) is 36.9 Å². The van der Waals surface area contributed by atoms with Gasteiger partial charge in [-0.1, -0.05) is 24.3 Å². The quantitative estimate of drug-likeness (QED) is 0.321. The van der Waals surface area contributed by atoms with Crippen molar-refractivity contribution >= 4 is 40.9 Å². The SMILES string of the molecule is COC(=O)c1cc(C(=O)NCc2ccc(F)c(F)c2)nc2c(C(=O)N(Cl)c3ccccc3)cnn12. The maximum absolute atomic E-state index is 13.4. The highest BCUT2D eigenvalue weighted by Gasteiger charge is 2.25. The number of halogens is 3. The minimum atomic E-state index is -1.06. The van der Waals surface area contributed by atoms with E-state index in [1.54, 1.807) is 30.3 Å². The number of amides is 2. The minimum absolute atomic E-state index is 0.0794. The van der Waals surface area contributed by atoms with Crippen molar-refractivity contribution < 1.29 is 27.9 Å². The van der Waals surface area contributed by atoms with Crippen LogP contribution in [0.25, 0.3) is 5.65 Å². The van der Waals surface area contributed by atoms with Crippen molar-refractivity contribution in [1.29, 1.82) is 0 Å². The number of benzene rings is 2. The molecule has 4 rings (SSSR count). The van der Waals surface area contributed by atoms with Crippen molar-refractivity contribution in [2.45, 2.75) is 6.54 Å². The predicted molar refractivity (Wildman–Crippen MR) is 121 cm³/mol. The van der Waals surface area contributed by atoms with E-state index in [1.165, 1.54) is 12.3 Å². The first-order valence-corrected chi connectivity index (χ1v) is 10.4. The summed E-state index contributed by atoms with van der Waals surface area (Å²) in [6.45, 7) is -0.148. The summed E-state index contributed by atoms with van der Waals surface area (Å²) in [5.41, 5.74) is 0.0764. The third-order valence-electron chi connectivity index (χ3n) is 4.93. The highest BCUT2D eigenvalue weighted by atomic mass is 35.5. The Morgan fingerprint density at radius 1 is 1.09 bits per heavy atom.